The van der Waals surface area contributed by atoms with Crippen LogP contribution in [0.3, 0.4) is 0 Å². The number of nitrogens with zero attached hydrogens (tertiary/aromatic N) is 3. The Morgan fingerprint density at radius 2 is 1.45 bits per heavy atom. The Labute approximate surface area is 190 Å². The van der Waals surface area contributed by atoms with Crippen LogP contribution in [0.4, 0.5) is 17.1 Å². The number of imide groups is 1. The van der Waals surface area contributed by atoms with Crippen LogP contribution >= 0.6 is 0 Å². The Morgan fingerprint density at radius 1 is 0.879 bits per heavy atom. The first-order valence-electron chi connectivity index (χ1n) is 10.9. The number of fused-ring (bicyclic) bond motifs is 1. The predicted molar refractivity (Wildman–Crippen MR) is 119 cm³/mol. The molecule has 2 fully saturated rings. The van der Waals surface area contributed by atoms with Gasteiger partial charge in [0.05, 0.1) is 23.2 Å². The number of carbonyl (C=O) groups is 4. The van der Waals surface area contributed by atoms with Gasteiger partial charge in [-0.3, -0.25) is 24.1 Å². The number of hydrogen-bond donors (Lipinski definition) is 1. The van der Waals surface area contributed by atoms with Crippen molar-refractivity contribution >= 4 is 40.8 Å². The van der Waals surface area contributed by atoms with E-state index in [4.69, 9.17) is 4.74 Å². The maximum absolute atomic E-state index is 12.4. The minimum Gasteiger partial charge on any atom is -0.454 e. The number of benzene rings is 2. The summed E-state index contributed by atoms with van der Waals surface area (Å²) < 4.78 is 4.97. The molecule has 2 aliphatic rings. The second-order valence-corrected chi connectivity index (χ2v) is 8.05. The lowest BCUT2D eigenvalue weighted by Crippen LogP contribution is -2.37. The first-order valence-corrected chi connectivity index (χ1v) is 10.9. The third-order valence-corrected chi connectivity index (χ3v) is 5.77. The summed E-state index contributed by atoms with van der Waals surface area (Å²) in [6.07, 6.45) is 3.18. The standard InChI is InChI=1S/C24H24N4O5/c29-21(25-16-10-12-18(13-11-16)27-26-17-6-2-1-3-7-17)15-33-22(30)14-28-23(31)19-8-4-5-9-20(19)24(28)32/h1-3,6-7,10-13,19-20H,4-5,8-9,14-15H2,(H,25,29)/t19-,20-/m0/s1. The predicted octanol–water partition coefficient (Wildman–Crippen LogP) is 3.76. The molecule has 1 aliphatic heterocycles. The molecule has 1 saturated carbocycles. The lowest BCUT2D eigenvalue weighted by Gasteiger charge is -2.19. The maximum Gasteiger partial charge on any atom is 0.326 e. The van der Waals surface area contributed by atoms with Crippen molar-refractivity contribution in [2.75, 3.05) is 18.5 Å². The van der Waals surface area contributed by atoms with Crippen molar-refractivity contribution in [2.24, 2.45) is 22.1 Å². The number of hydrogen-bond acceptors (Lipinski definition) is 7. The lowest BCUT2D eigenvalue weighted by molar-refractivity contribution is -0.154. The molecule has 0 radical (unpaired) electrons. The number of carbonyl (C=O) groups excluding carboxylic acids is 4. The fourth-order valence-corrected chi connectivity index (χ4v) is 4.13. The molecule has 1 saturated heterocycles. The number of likely N-dealkylation sites (tertiary alicyclic amines) is 1. The zero-order valence-electron chi connectivity index (χ0n) is 18.0. The average Bonchev–Trinajstić information content (AvgIpc) is 3.08. The summed E-state index contributed by atoms with van der Waals surface area (Å²) >= 11 is 0. The molecule has 33 heavy (non-hydrogen) atoms. The van der Waals surface area contributed by atoms with E-state index < -0.39 is 25.0 Å². The molecule has 3 amide bonds. The molecule has 2 aromatic rings. The Hall–Kier alpha value is -3.88. The van der Waals surface area contributed by atoms with Crippen LogP contribution in [-0.4, -0.2) is 41.7 Å². The van der Waals surface area contributed by atoms with Crippen LogP contribution in [0.25, 0.3) is 0 Å². The van der Waals surface area contributed by atoms with Crippen LogP contribution in [-0.2, 0) is 23.9 Å². The van der Waals surface area contributed by atoms with Crippen molar-refractivity contribution < 1.29 is 23.9 Å². The van der Waals surface area contributed by atoms with Gasteiger partial charge in [0, 0.05) is 5.69 Å². The zero-order valence-corrected chi connectivity index (χ0v) is 18.0. The van der Waals surface area contributed by atoms with Crippen molar-refractivity contribution in [1.29, 1.82) is 0 Å². The first kappa shape index (κ1) is 22.3. The van der Waals surface area contributed by atoms with Crippen molar-refractivity contribution in [3.8, 4) is 0 Å². The molecule has 1 N–H and O–H groups in total. The monoisotopic (exact) mass is 448 g/mol. The van der Waals surface area contributed by atoms with Gasteiger partial charge in [-0.15, -0.1) is 0 Å². The number of ether oxygens (including phenoxy) is 1. The molecule has 0 unspecified atom stereocenters. The van der Waals surface area contributed by atoms with Crippen molar-refractivity contribution in [3.63, 3.8) is 0 Å². The van der Waals surface area contributed by atoms with Gasteiger partial charge < -0.3 is 10.1 Å². The van der Waals surface area contributed by atoms with Gasteiger partial charge in [-0.25, -0.2) is 0 Å². The summed E-state index contributed by atoms with van der Waals surface area (Å²) in [6, 6.07) is 16.0. The molecule has 1 aliphatic carbocycles. The highest BCUT2D eigenvalue weighted by Gasteiger charge is 2.48. The van der Waals surface area contributed by atoms with E-state index in [2.05, 4.69) is 15.5 Å². The van der Waals surface area contributed by atoms with E-state index in [1.807, 2.05) is 30.3 Å². The Morgan fingerprint density at radius 3 is 2.06 bits per heavy atom. The Kier molecular flexibility index (Phi) is 6.87. The number of anilines is 1. The number of esters is 1. The van der Waals surface area contributed by atoms with Crippen LogP contribution in [0.15, 0.2) is 64.8 Å². The molecule has 170 valence electrons. The van der Waals surface area contributed by atoms with Crippen molar-refractivity contribution in [1.82, 2.24) is 4.90 Å². The van der Waals surface area contributed by atoms with Gasteiger partial charge in [0.1, 0.15) is 6.54 Å². The third-order valence-electron chi connectivity index (χ3n) is 5.77. The van der Waals surface area contributed by atoms with E-state index in [0.29, 0.717) is 24.2 Å². The maximum atomic E-state index is 12.4. The highest BCUT2D eigenvalue weighted by molar-refractivity contribution is 6.07. The van der Waals surface area contributed by atoms with Crippen molar-refractivity contribution in [2.45, 2.75) is 25.7 Å². The highest BCUT2D eigenvalue weighted by Crippen LogP contribution is 2.37. The normalized spacial score (nSPS) is 20.1. The average molecular weight is 448 g/mol. The van der Waals surface area contributed by atoms with Crippen LogP contribution < -0.4 is 5.32 Å². The molecule has 9 heteroatoms. The molecule has 0 aromatic heterocycles. The van der Waals surface area contributed by atoms with E-state index >= 15 is 0 Å². The van der Waals surface area contributed by atoms with Crippen LogP contribution in [0.1, 0.15) is 25.7 Å². The van der Waals surface area contributed by atoms with E-state index in [1.165, 1.54) is 0 Å². The second-order valence-electron chi connectivity index (χ2n) is 8.05. The van der Waals surface area contributed by atoms with Gasteiger partial charge >= 0.3 is 5.97 Å². The number of rotatable bonds is 7. The summed E-state index contributed by atoms with van der Waals surface area (Å²) in [4.78, 5) is 50.0. The van der Waals surface area contributed by atoms with Gasteiger partial charge in [0.15, 0.2) is 6.61 Å². The molecule has 0 bridgehead atoms. The summed E-state index contributed by atoms with van der Waals surface area (Å²) in [5.74, 6) is -2.58. The zero-order chi connectivity index (χ0) is 23.2. The van der Waals surface area contributed by atoms with Gasteiger partial charge in [-0.05, 0) is 49.2 Å². The molecule has 1 heterocycles. The summed E-state index contributed by atoms with van der Waals surface area (Å²) in [7, 11) is 0. The summed E-state index contributed by atoms with van der Waals surface area (Å²) in [6.45, 7) is -0.976. The van der Waals surface area contributed by atoms with Crippen molar-refractivity contribution in [3.05, 3.63) is 54.6 Å². The molecule has 2 atom stereocenters. The number of azo groups is 1. The van der Waals surface area contributed by atoms with Gasteiger partial charge in [0.25, 0.3) is 5.91 Å². The van der Waals surface area contributed by atoms with Gasteiger partial charge in [-0.1, -0.05) is 31.0 Å². The second kappa shape index (κ2) is 10.2. The smallest absolute Gasteiger partial charge is 0.326 e. The van der Waals surface area contributed by atoms with E-state index in [1.54, 1.807) is 24.3 Å². The SMILES string of the molecule is O=C(COC(=O)CN1C(=O)[C@H]2CCCC[C@@H]2C1=O)Nc1ccc(N=Nc2ccccc2)cc1. The molecular weight excluding hydrogens is 424 g/mol. The lowest BCUT2D eigenvalue weighted by atomic mass is 9.81. The summed E-state index contributed by atoms with van der Waals surface area (Å²) in [5, 5.41) is 10.9. The first-order chi connectivity index (χ1) is 16.0. The number of nitrogens with one attached hydrogen (secondary N) is 1. The quantitative estimate of drug-likeness (QED) is 0.393. The fourth-order valence-electron chi connectivity index (χ4n) is 4.13. The fraction of sp³-hybridized carbons (Fsp3) is 0.333. The highest BCUT2D eigenvalue weighted by atomic mass is 16.5. The molecule has 4 rings (SSSR count). The minimum absolute atomic E-state index is 0.310. The Balaban J connectivity index is 1.23. The van der Waals surface area contributed by atoms with E-state index in [0.717, 1.165) is 23.4 Å². The topological polar surface area (TPSA) is 118 Å². The third kappa shape index (κ3) is 5.49. The largest absolute Gasteiger partial charge is 0.454 e. The molecule has 9 nitrogen and oxygen atoms in total. The van der Waals surface area contributed by atoms with Gasteiger partial charge in [-0.2, -0.15) is 10.2 Å². The Bertz CT molecular complexity index is 1040. The van der Waals surface area contributed by atoms with E-state index in [9.17, 15) is 19.2 Å². The van der Waals surface area contributed by atoms with Crippen LogP contribution in [0, 0.1) is 11.8 Å². The molecule has 2 aromatic carbocycles. The minimum atomic E-state index is -0.790. The van der Waals surface area contributed by atoms with Gasteiger partial charge in [0.2, 0.25) is 11.8 Å². The van der Waals surface area contributed by atoms with Crippen LogP contribution in [0.5, 0.6) is 0 Å². The number of amides is 3. The molecular formula is C24H24N4O5. The van der Waals surface area contributed by atoms with E-state index in [-0.39, 0.29) is 23.7 Å². The summed E-state index contributed by atoms with van der Waals surface area (Å²) in [5.41, 5.74) is 1.85. The molecule has 0 spiro atoms. The van der Waals surface area contributed by atoms with Crippen LogP contribution in [0.2, 0.25) is 0 Å².